The fourth-order valence-corrected chi connectivity index (χ4v) is 2.31. The van der Waals surface area contributed by atoms with Gasteiger partial charge in [-0.2, -0.15) is 0 Å². The SMILES string of the molecule is CC(C)(C)NC(=O)CSCC(=O)N1CCOCC1. The van der Waals surface area contributed by atoms with Crippen molar-refractivity contribution in [2.45, 2.75) is 26.3 Å². The van der Waals surface area contributed by atoms with Gasteiger partial charge in [-0.3, -0.25) is 9.59 Å². The molecule has 0 atom stereocenters. The zero-order chi connectivity index (χ0) is 13.6. The Morgan fingerprint density at radius 3 is 2.39 bits per heavy atom. The van der Waals surface area contributed by atoms with Crippen molar-refractivity contribution in [3.05, 3.63) is 0 Å². The van der Waals surface area contributed by atoms with Gasteiger partial charge >= 0.3 is 0 Å². The predicted octanol–water partition coefficient (Wildman–Crippen LogP) is 0.493. The molecule has 0 bridgehead atoms. The summed E-state index contributed by atoms with van der Waals surface area (Å²) in [6, 6.07) is 0. The van der Waals surface area contributed by atoms with E-state index in [0.29, 0.717) is 37.8 Å². The highest BCUT2D eigenvalue weighted by molar-refractivity contribution is 8.00. The van der Waals surface area contributed by atoms with E-state index in [1.165, 1.54) is 11.8 Å². The largest absolute Gasteiger partial charge is 0.378 e. The van der Waals surface area contributed by atoms with Gasteiger partial charge in [-0.25, -0.2) is 0 Å². The lowest BCUT2D eigenvalue weighted by Gasteiger charge is -2.26. The Morgan fingerprint density at radius 1 is 1.22 bits per heavy atom. The summed E-state index contributed by atoms with van der Waals surface area (Å²) in [4.78, 5) is 25.1. The zero-order valence-electron chi connectivity index (χ0n) is 11.3. The number of rotatable bonds is 4. The molecule has 1 saturated heterocycles. The molecule has 0 aromatic carbocycles. The number of amides is 2. The van der Waals surface area contributed by atoms with Crippen LogP contribution in [0.4, 0.5) is 0 Å². The molecule has 1 N–H and O–H groups in total. The lowest BCUT2D eigenvalue weighted by molar-refractivity contribution is -0.132. The molecule has 0 aromatic rings. The summed E-state index contributed by atoms with van der Waals surface area (Å²) in [6.45, 7) is 8.36. The third-order valence-corrected chi connectivity index (χ3v) is 3.25. The maximum atomic E-state index is 11.8. The topological polar surface area (TPSA) is 58.6 Å². The molecular formula is C12H22N2O3S. The standard InChI is InChI=1S/C12H22N2O3S/c1-12(2,3)13-10(15)8-18-9-11(16)14-4-6-17-7-5-14/h4-9H2,1-3H3,(H,13,15). The molecule has 0 radical (unpaired) electrons. The van der Waals surface area contributed by atoms with Crippen LogP contribution in [-0.2, 0) is 14.3 Å². The minimum absolute atomic E-state index is 0.0257. The molecule has 0 unspecified atom stereocenters. The Labute approximate surface area is 113 Å². The number of thioether (sulfide) groups is 1. The summed E-state index contributed by atoms with van der Waals surface area (Å²) >= 11 is 1.36. The normalized spacial score (nSPS) is 16.5. The second kappa shape index (κ2) is 6.99. The average molecular weight is 274 g/mol. The molecule has 1 aliphatic rings. The lowest BCUT2D eigenvalue weighted by Crippen LogP contribution is -2.43. The van der Waals surface area contributed by atoms with Crippen LogP contribution in [0.15, 0.2) is 0 Å². The fraction of sp³-hybridized carbons (Fsp3) is 0.833. The summed E-state index contributed by atoms with van der Waals surface area (Å²) in [5.74, 6) is 0.749. The van der Waals surface area contributed by atoms with E-state index in [1.807, 2.05) is 20.8 Å². The number of nitrogens with zero attached hydrogens (tertiary/aromatic N) is 1. The maximum Gasteiger partial charge on any atom is 0.232 e. The van der Waals surface area contributed by atoms with E-state index in [9.17, 15) is 9.59 Å². The first-order valence-electron chi connectivity index (χ1n) is 6.13. The summed E-state index contributed by atoms with van der Waals surface area (Å²) in [6.07, 6.45) is 0. The molecule has 5 nitrogen and oxygen atoms in total. The third kappa shape index (κ3) is 6.26. The Bertz CT molecular complexity index is 296. The number of nitrogens with one attached hydrogen (secondary N) is 1. The first-order valence-corrected chi connectivity index (χ1v) is 7.28. The lowest BCUT2D eigenvalue weighted by atomic mass is 10.1. The second-order valence-corrected chi connectivity index (χ2v) is 6.27. The van der Waals surface area contributed by atoms with E-state index in [0.717, 1.165) is 0 Å². The quantitative estimate of drug-likeness (QED) is 0.811. The molecule has 0 spiro atoms. The van der Waals surface area contributed by atoms with Crippen molar-refractivity contribution in [1.29, 1.82) is 0 Å². The van der Waals surface area contributed by atoms with Gasteiger partial charge in [0.25, 0.3) is 0 Å². The van der Waals surface area contributed by atoms with Crippen LogP contribution >= 0.6 is 11.8 Å². The van der Waals surface area contributed by atoms with E-state index in [-0.39, 0.29) is 17.4 Å². The molecule has 1 fully saturated rings. The summed E-state index contributed by atoms with van der Waals surface area (Å²) in [5, 5.41) is 2.87. The van der Waals surface area contributed by atoms with Crippen LogP contribution in [0, 0.1) is 0 Å². The number of hydrogen-bond acceptors (Lipinski definition) is 4. The first kappa shape index (κ1) is 15.3. The van der Waals surface area contributed by atoms with Crippen LogP contribution in [-0.4, -0.2) is 60.1 Å². The molecule has 0 saturated carbocycles. The Kier molecular flexibility index (Phi) is 5.95. The Balaban J connectivity index is 2.17. The van der Waals surface area contributed by atoms with E-state index < -0.39 is 0 Å². The fourth-order valence-electron chi connectivity index (χ4n) is 1.59. The highest BCUT2D eigenvalue weighted by Gasteiger charge is 2.18. The molecule has 1 aliphatic heterocycles. The smallest absolute Gasteiger partial charge is 0.232 e. The highest BCUT2D eigenvalue weighted by Crippen LogP contribution is 2.06. The zero-order valence-corrected chi connectivity index (χ0v) is 12.1. The van der Waals surface area contributed by atoms with Gasteiger partial charge in [-0.05, 0) is 20.8 Å². The van der Waals surface area contributed by atoms with E-state index >= 15 is 0 Å². The summed E-state index contributed by atoms with van der Waals surface area (Å²) < 4.78 is 5.18. The number of carbonyl (C=O) groups excluding carboxylic acids is 2. The van der Waals surface area contributed by atoms with Gasteiger partial charge in [0.1, 0.15) is 0 Å². The molecule has 18 heavy (non-hydrogen) atoms. The monoisotopic (exact) mass is 274 g/mol. The predicted molar refractivity (Wildman–Crippen MR) is 72.6 cm³/mol. The summed E-state index contributed by atoms with van der Waals surface area (Å²) in [7, 11) is 0. The van der Waals surface area contributed by atoms with Crippen molar-refractivity contribution in [3.63, 3.8) is 0 Å². The molecule has 104 valence electrons. The molecule has 6 heteroatoms. The van der Waals surface area contributed by atoms with Crippen LogP contribution < -0.4 is 5.32 Å². The van der Waals surface area contributed by atoms with E-state index in [4.69, 9.17) is 4.74 Å². The second-order valence-electron chi connectivity index (χ2n) is 5.28. The van der Waals surface area contributed by atoms with Gasteiger partial charge < -0.3 is 15.0 Å². The van der Waals surface area contributed by atoms with Crippen molar-refractivity contribution in [2.24, 2.45) is 0 Å². The Morgan fingerprint density at radius 2 is 1.83 bits per heavy atom. The number of ether oxygens (including phenoxy) is 1. The number of carbonyl (C=O) groups is 2. The number of morpholine rings is 1. The number of hydrogen-bond donors (Lipinski definition) is 1. The van der Waals surface area contributed by atoms with Gasteiger partial charge in [-0.15, -0.1) is 11.8 Å². The molecule has 1 rings (SSSR count). The van der Waals surface area contributed by atoms with Gasteiger partial charge in [0.15, 0.2) is 0 Å². The molecule has 1 heterocycles. The van der Waals surface area contributed by atoms with Crippen molar-refractivity contribution in [3.8, 4) is 0 Å². The molecule has 0 aliphatic carbocycles. The van der Waals surface area contributed by atoms with Crippen LogP contribution in [0.3, 0.4) is 0 Å². The van der Waals surface area contributed by atoms with Crippen LogP contribution in [0.5, 0.6) is 0 Å². The minimum atomic E-state index is -0.216. The first-order chi connectivity index (χ1) is 8.38. The average Bonchev–Trinajstić information content (AvgIpc) is 2.27. The van der Waals surface area contributed by atoms with Gasteiger partial charge in [0, 0.05) is 18.6 Å². The van der Waals surface area contributed by atoms with Crippen LogP contribution in [0.2, 0.25) is 0 Å². The van der Waals surface area contributed by atoms with Crippen LogP contribution in [0.1, 0.15) is 20.8 Å². The van der Waals surface area contributed by atoms with Gasteiger partial charge in [0.2, 0.25) is 11.8 Å². The minimum Gasteiger partial charge on any atom is -0.378 e. The Hall–Kier alpha value is -0.750. The van der Waals surface area contributed by atoms with Crippen LogP contribution in [0.25, 0.3) is 0 Å². The maximum absolute atomic E-state index is 11.8. The highest BCUT2D eigenvalue weighted by atomic mass is 32.2. The van der Waals surface area contributed by atoms with Gasteiger partial charge in [-0.1, -0.05) is 0 Å². The molecule has 2 amide bonds. The molecular weight excluding hydrogens is 252 g/mol. The van der Waals surface area contributed by atoms with Crippen molar-refractivity contribution >= 4 is 23.6 Å². The summed E-state index contributed by atoms with van der Waals surface area (Å²) in [5.41, 5.74) is -0.216. The van der Waals surface area contributed by atoms with Crippen molar-refractivity contribution in [1.82, 2.24) is 10.2 Å². The third-order valence-electron chi connectivity index (χ3n) is 2.34. The van der Waals surface area contributed by atoms with Gasteiger partial charge in [0.05, 0.1) is 24.7 Å². The molecule has 0 aromatic heterocycles. The van der Waals surface area contributed by atoms with Crippen molar-refractivity contribution in [2.75, 3.05) is 37.8 Å². The van der Waals surface area contributed by atoms with Crippen molar-refractivity contribution < 1.29 is 14.3 Å². The van der Waals surface area contributed by atoms with E-state index in [1.54, 1.807) is 4.90 Å². The van der Waals surface area contributed by atoms with E-state index in [2.05, 4.69) is 5.32 Å².